The van der Waals surface area contributed by atoms with Gasteiger partial charge < -0.3 is 16.4 Å². The summed E-state index contributed by atoms with van der Waals surface area (Å²) in [6.45, 7) is 4.79. The average molecular weight is 280 g/mol. The fraction of sp³-hybridized carbons (Fsp3) is 0.462. The maximum absolute atomic E-state index is 11.2. The van der Waals surface area contributed by atoms with E-state index in [9.17, 15) is 4.79 Å². The standard InChI is InChI=1S/C13H20N4OS/c1-3-4-7-17(8-11(14)18)13-10(12(15)19)6-5-9(2)16-13/h5-6H,3-4,7-8H2,1-2H3,(H2,14,18)(H2,15,19). The normalized spacial score (nSPS) is 10.2. The van der Waals surface area contributed by atoms with Gasteiger partial charge >= 0.3 is 0 Å². The first-order valence-electron chi connectivity index (χ1n) is 6.26. The van der Waals surface area contributed by atoms with E-state index in [1.165, 1.54) is 0 Å². The molecule has 0 fully saturated rings. The predicted octanol–water partition coefficient (Wildman–Crippen LogP) is 1.12. The zero-order valence-electron chi connectivity index (χ0n) is 11.3. The zero-order chi connectivity index (χ0) is 14.4. The second-order valence-electron chi connectivity index (χ2n) is 4.43. The molecule has 104 valence electrons. The summed E-state index contributed by atoms with van der Waals surface area (Å²) in [6, 6.07) is 3.68. The second-order valence-corrected chi connectivity index (χ2v) is 4.87. The summed E-state index contributed by atoms with van der Waals surface area (Å²) in [5.41, 5.74) is 12.5. The Bertz CT molecular complexity index is 476. The second kappa shape index (κ2) is 7.04. The van der Waals surface area contributed by atoms with Crippen molar-refractivity contribution >= 4 is 28.9 Å². The summed E-state index contributed by atoms with van der Waals surface area (Å²) in [7, 11) is 0. The summed E-state index contributed by atoms with van der Waals surface area (Å²) in [5.74, 6) is 0.244. The highest BCUT2D eigenvalue weighted by molar-refractivity contribution is 7.80. The molecule has 6 heteroatoms. The number of hydrogen-bond acceptors (Lipinski definition) is 4. The number of nitrogens with zero attached hydrogens (tertiary/aromatic N) is 2. The Morgan fingerprint density at radius 3 is 2.63 bits per heavy atom. The van der Waals surface area contributed by atoms with Crippen molar-refractivity contribution < 1.29 is 4.79 Å². The van der Waals surface area contributed by atoms with Crippen LogP contribution in [0.4, 0.5) is 5.82 Å². The van der Waals surface area contributed by atoms with Crippen LogP contribution in [0.3, 0.4) is 0 Å². The highest BCUT2D eigenvalue weighted by atomic mass is 32.1. The molecule has 0 saturated carbocycles. The molecule has 19 heavy (non-hydrogen) atoms. The molecule has 0 unspecified atom stereocenters. The number of carbonyl (C=O) groups is 1. The Morgan fingerprint density at radius 2 is 2.11 bits per heavy atom. The Morgan fingerprint density at radius 1 is 1.42 bits per heavy atom. The highest BCUT2D eigenvalue weighted by Gasteiger charge is 2.16. The average Bonchev–Trinajstić information content (AvgIpc) is 2.33. The lowest BCUT2D eigenvalue weighted by molar-refractivity contribution is -0.116. The number of pyridine rings is 1. The molecule has 4 N–H and O–H groups in total. The molecule has 0 aromatic carbocycles. The first-order chi connectivity index (χ1) is 8.95. The van der Waals surface area contributed by atoms with Crippen molar-refractivity contribution in [3.8, 4) is 0 Å². The molecule has 0 saturated heterocycles. The fourth-order valence-electron chi connectivity index (χ4n) is 1.77. The summed E-state index contributed by atoms with van der Waals surface area (Å²) in [4.78, 5) is 17.8. The van der Waals surface area contributed by atoms with Crippen LogP contribution >= 0.6 is 12.2 Å². The maximum Gasteiger partial charge on any atom is 0.236 e. The number of hydrogen-bond donors (Lipinski definition) is 2. The van der Waals surface area contributed by atoms with Gasteiger partial charge in [-0.2, -0.15) is 0 Å². The number of rotatable bonds is 7. The minimum atomic E-state index is -0.395. The van der Waals surface area contributed by atoms with Crippen LogP contribution in [-0.2, 0) is 4.79 Å². The molecule has 0 atom stereocenters. The number of anilines is 1. The van der Waals surface area contributed by atoms with Crippen molar-refractivity contribution in [2.45, 2.75) is 26.7 Å². The van der Waals surface area contributed by atoms with Crippen LogP contribution in [0.5, 0.6) is 0 Å². The van der Waals surface area contributed by atoms with Crippen molar-refractivity contribution in [1.29, 1.82) is 0 Å². The molecule has 0 radical (unpaired) electrons. The molecule has 0 aliphatic heterocycles. The third-order valence-electron chi connectivity index (χ3n) is 2.71. The van der Waals surface area contributed by atoms with Crippen LogP contribution in [0.15, 0.2) is 12.1 Å². The molecular weight excluding hydrogens is 260 g/mol. The predicted molar refractivity (Wildman–Crippen MR) is 81.2 cm³/mol. The van der Waals surface area contributed by atoms with Gasteiger partial charge in [0.15, 0.2) is 0 Å². The SMILES string of the molecule is CCCCN(CC(N)=O)c1nc(C)ccc1C(N)=S. The number of primary amides is 1. The lowest BCUT2D eigenvalue weighted by atomic mass is 10.2. The number of nitrogens with two attached hydrogens (primary N) is 2. The van der Waals surface area contributed by atoms with Crippen LogP contribution in [0.1, 0.15) is 31.0 Å². The zero-order valence-corrected chi connectivity index (χ0v) is 12.2. The summed E-state index contributed by atoms with van der Waals surface area (Å²) in [6.07, 6.45) is 1.96. The molecular formula is C13H20N4OS. The van der Waals surface area contributed by atoms with E-state index in [2.05, 4.69) is 11.9 Å². The summed E-state index contributed by atoms with van der Waals surface area (Å²) in [5, 5.41) is 0. The van der Waals surface area contributed by atoms with Crippen LogP contribution in [0.2, 0.25) is 0 Å². The van der Waals surface area contributed by atoms with Gasteiger partial charge in [-0.15, -0.1) is 0 Å². The lowest BCUT2D eigenvalue weighted by Gasteiger charge is -2.24. The smallest absolute Gasteiger partial charge is 0.236 e. The topological polar surface area (TPSA) is 85.2 Å². The molecule has 0 bridgehead atoms. The number of carbonyl (C=O) groups excluding carboxylic acids is 1. The first kappa shape index (κ1) is 15.4. The van der Waals surface area contributed by atoms with Crippen molar-refractivity contribution in [3.63, 3.8) is 0 Å². The van der Waals surface area contributed by atoms with E-state index < -0.39 is 5.91 Å². The van der Waals surface area contributed by atoms with Gasteiger partial charge in [-0.3, -0.25) is 4.79 Å². The largest absolute Gasteiger partial charge is 0.389 e. The van der Waals surface area contributed by atoms with Crippen molar-refractivity contribution in [2.75, 3.05) is 18.0 Å². The van der Waals surface area contributed by atoms with Crippen molar-refractivity contribution in [2.24, 2.45) is 11.5 Å². The minimum absolute atomic E-state index is 0.117. The lowest BCUT2D eigenvalue weighted by Crippen LogP contribution is -2.36. The maximum atomic E-state index is 11.2. The van der Waals surface area contributed by atoms with Crippen LogP contribution < -0.4 is 16.4 Å². The van der Waals surface area contributed by atoms with E-state index in [1.807, 2.05) is 24.0 Å². The van der Waals surface area contributed by atoms with Gasteiger partial charge in [0.2, 0.25) is 5.91 Å². The van der Waals surface area contributed by atoms with Gasteiger partial charge in [-0.05, 0) is 25.5 Å². The van der Waals surface area contributed by atoms with E-state index in [0.717, 1.165) is 18.5 Å². The van der Waals surface area contributed by atoms with E-state index in [-0.39, 0.29) is 11.5 Å². The first-order valence-corrected chi connectivity index (χ1v) is 6.67. The molecule has 1 heterocycles. The van der Waals surface area contributed by atoms with Gasteiger partial charge in [0, 0.05) is 12.2 Å². The van der Waals surface area contributed by atoms with E-state index in [1.54, 1.807) is 0 Å². The number of unbranched alkanes of at least 4 members (excludes halogenated alkanes) is 1. The number of aromatic nitrogens is 1. The Kier molecular flexibility index (Phi) is 5.69. The molecule has 0 aliphatic rings. The minimum Gasteiger partial charge on any atom is -0.389 e. The molecule has 5 nitrogen and oxygen atoms in total. The summed E-state index contributed by atoms with van der Waals surface area (Å²) < 4.78 is 0. The van der Waals surface area contributed by atoms with Crippen LogP contribution in [0.25, 0.3) is 0 Å². The van der Waals surface area contributed by atoms with Crippen LogP contribution in [-0.4, -0.2) is 29.0 Å². The third kappa shape index (κ3) is 4.48. The molecule has 0 aliphatic carbocycles. The van der Waals surface area contributed by atoms with Gasteiger partial charge in [0.1, 0.15) is 10.8 Å². The number of aryl methyl sites for hydroxylation is 1. The van der Waals surface area contributed by atoms with Gasteiger partial charge in [-0.1, -0.05) is 25.6 Å². The molecule has 0 spiro atoms. The molecule has 1 aromatic heterocycles. The van der Waals surface area contributed by atoms with E-state index >= 15 is 0 Å². The summed E-state index contributed by atoms with van der Waals surface area (Å²) >= 11 is 5.03. The van der Waals surface area contributed by atoms with Crippen LogP contribution in [0, 0.1) is 6.92 Å². The Balaban J connectivity index is 3.14. The van der Waals surface area contributed by atoms with E-state index in [4.69, 9.17) is 23.7 Å². The van der Waals surface area contributed by atoms with E-state index in [0.29, 0.717) is 17.9 Å². The molecule has 1 amide bonds. The fourth-order valence-corrected chi connectivity index (χ4v) is 1.93. The Hall–Kier alpha value is -1.69. The van der Waals surface area contributed by atoms with Crippen molar-refractivity contribution in [1.82, 2.24) is 4.98 Å². The quantitative estimate of drug-likeness (QED) is 0.731. The molecule has 1 aromatic rings. The monoisotopic (exact) mass is 280 g/mol. The third-order valence-corrected chi connectivity index (χ3v) is 2.93. The molecule has 1 rings (SSSR count). The Labute approximate surface area is 119 Å². The number of thiocarbonyl (C=S) groups is 1. The number of amides is 1. The highest BCUT2D eigenvalue weighted by Crippen LogP contribution is 2.19. The van der Waals surface area contributed by atoms with Gasteiger partial charge in [-0.25, -0.2) is 4.98 Å². The van der Waals surface area contributed by atoms with Gasteiger partial charge in [0.25, 0.3) is 0 Å². The van der Waals surface area contributed by atoms with Crippen molar-refractivity contribution in [3.05, 3.63) is 23.4 Å². The van der Waals surface area contributed by atoms with Gasteiger partial charge in [0.05, 0.1) is 12.1 Å².